The van der Waals surface area contributed by atoms with Gasteiger partial charge in [-0.25, -0.2) is 9.97 Å². The number of hydrogen-bond acceptors (Lipinski definition) is 14. The predicted octanol–water partition coefficient (Wildman–Crippen LogP) is 8.42. The molecule has 4 N–H and O–H groups in total. The molecule has 1 saturated heterocycles. The number of aromatic nitrogens is 3. The SMILES string of the molecule is Cc1ncsc1-c1ccc(CNC(=O)[C@@H]2CCCN2C(=O)C(NC(=O)COCCCOCCCCOCCCOc2cccc(Nc3ncc(C4CC4)c(NCCCN(C)C(=O)C4CCC4)n3)c2)C(C)(C)C)cc1. The van der Waals surface area contributed by atoms with Gasteiger partial charge in [-0.05, 0) is 106 Å². The van der Waals surface area contributed by atoms with Crippen molar-refractivity contribution in [3.8, 4) is 16.2 Å². The van der Waals surface area contributed by atoms with Crippen molar-refractivity contribution in [2.45, 2.75) is 129 Å². The number of aryl methyl sites for hydroxylation is 1. The number of thiazole rings is 1. The Labute approximate surface area is 441 Å². The number of nitrogens with one attached hydrogen (secondary N) is 4. The van der Waals surface area contributed by atoms with Gasteiger partial charge >= 0.3 is 0 Å². The lowest BCUT2D eigenvalue weighted by atomic mass is 9.84. The van der Waals surface area contributed by atoms with Crippen molar-refractivity contribution in [2.75, 3.05) is 83.6 Å². The summed E-state index contributed by atoms with van der Waals surface area (Å²) in [4.78, 5) is 71.3. The minimum Gasteiger partial charge on any atom is -0.493 e. The lowest BCUT2D eigenvalue weighted by molar-refractivity contribution is -0.144. The van der Waals surface area contributed by atoms with E-state index in [0.717, 1.165) is 115 Å². The molecule has 3 aliphatic rings. The Morgan fingerprint density at radius 1 is 0.851 bits per heavy atom. The van der Waals surface area contributed by atoms with Crippen LogP contribution in [0.3, 0.4) is 0 Å². The summed E-state index contributed by atoms with van der Waals surface area (Å²) < 4.78 is 23.3. The lowest BCUT2D eigenvalue weighted by Crippen LogP contribution is -2.58. The second-order valence-corrected chi connectivity index (χ2v) is 21.7. The Kier molecular flexibility index (Phi) is 21.4. The van der Waals surface area contributed by atoms with Crippen LogP contribution in [0.2, 0.25) is 0 Å². The minimum atomic E-state index is -0.817. The van der Waals surface area contributed by atoms with Gasteiger partial charge in [0.05, 0.1) is 22.7 Å². The standard InChI is InChI=1S/C56H79N9O8S/c1-39-49(74-38-60-39)42-21-19-40(20-22-42)35-58-52(67)47-18-10-27-65(47)54(69)50(56(2,3)4)62-48(66)37-72-32-12-30-70-28-6-7-29-71-31-13-33-73-45-17-9-16-44(34-45)61-55-59-36-46(41-23-24-41)51(63-55)57-25-11-26-64(5)53(68)43-14-8-15-43/h9,16-17,19-22,34,36,38,41,43,47,50H,6-8,10-15,18,23-33,35,37H2,1-5H3,(H,58,67)(H,62,66)(H2,57,59,61,63)/t47-,50?/m0/s1. The number of likely N-dealkylation sites (tertiary alicyclic amines) is 1. The molecule has 18 heteroatoms. The number of ether oxygens (including phenoxy) is 4. The summed E-state index contributed by atoms with van der Waals surface area (Å²) in [5.41, 5.74) is 6.29. The van der Waals surface area contributed by atoms with Crippen LogP contribution in [0.15, 0.2) is 60.2 Å². The summed E-state index contributed by atoms with van der Waals surface area (Å²) in [6.45, 7) is 13.0. The molecule has 0 bridgehead atoms. The van der Waals surface area contributed by atoms with Crippen LogP contribution in [0, 0.1) is 18.3 Å². The maximum atomic E-state index is 13.9. The second-order valence-electron chi connectivity index (χ2n) is 20.9. The molecule has 2 saturated carbocycles. The van der Waals surface area contributed by atoms with Gasteiger partial charge in [0.15, 0.2) is 0 Å². The van der Waals surface area contributed by atoms with Crippen LogP contribution in [0.4, 0.5) is 17.5 Å². The molecule has 7 rings (SSSR count). The number of carbonyl (C=O) groups excluding carboxylic acids is 4. The molecule has 17 nitrogen and oxygen atoms in total. The van der Waals surface area contributed by atoms with E-state index in [1.54, 1.807) is 16.2 Å². The molecule has 3 fully saturated rings. The molecule has 2 atom stereocenters. The van der Waals surface area contributed by atoms with Gasteiger partial charge in [0.25, 0.3) is 0 Å². The summed E-state index contributed by atoms with van der Waals surface area (Å²) in [6, 6.07) is 14.4. The van der Waals surface area contributed by atoms with E-state index in [-0.39, 0.29) is 36.2 Å². The van der Waals surface area contributed by atoms with Gasteiger partial charge in [-0.15, -0.1) is 11.3 Å². The first-order chi connectivity index (χ1) is 35.8. The molecular weight excluding hydrogens is 959 g/mol. The highest BCUT2D eigenvalue weighted by Gasteiger charge is 2.42. The second kappa shape index (κ2) is 28.3. The van der Waals surface area contributed by atoms with E-state index in [1.807, 2.05) is 99.9 Å². The summed E-state index contributed by atoms with van der Waals surface area (Å²) in [5.74, 6) is 2.29. The van der Waals surface area contributed by atoms with E-state index >= 15 is 0 Å². The maximum Gasteiger partial charge on any atom is 0.246 e. The van der Waals surface area contributed by atoms with Gasteiger partial charge < -0.3 is 50.0 Å². The van der Waals surface area contributed by atoms with Gasteiger partial charge in [-0.2, -0.15) is 4.98 Å². The summed E-state index contributed by atoms with van der Waals surface area (Å²) in [7, 11) is 1.91. The zero-order valence-corrected chi connectivity index (χ0v) is 45.1. The largest absolute Gasteiger partial charge is 0.493 e. The van der Waals surface area contributed by atoms with Crippen LogP contribution >= 0.6 is 11.3 Å². The number of amides is 4. The van der Waals surface area contributed by atoms with Gasteiger partial charge in [-0.1, -0.05) is 57.5 Å². The highest BCUT2D eigenvalue weighted by molar-refractivity contribution is 7.13. The summed E-state index contributed by atoms with van der Waals surface area (Å²) in [5, 5.41) is 12.8. The smallest absolute Gasteiger partial charge is 0.246 e. The fourth-order valence-electron chi connectivity index (χ4n) is 9.05. The Hall–Kier alpha value is -5.69. The molecule has 4 aromatic rings. The van der Waals surface area contributed by atoms with Crippen molar-refractivity contribution in [3.63, 3.8) is 0 Å². The van der Waals surface area contributed by atoms with Crippen molar-refractivity contribution in [3.05, 3.63) is 77.1 Å². The van der Waals surface area contributed by atoms with Gasteiger partial charge in [0.2, 0.25) is 29.6 Å². The lowest BCUT2D eigenvalue weighted by Gasteiger charge is -2.35. The van der Waals surface area contributed by atoms with E-state index in [0.29, 0.717) is 83.9 Å². The molecule has 3 heterocycles. The highest BCUT2D eigenvalue weighted by Crippen LogP contribution is 2.43. The van der Waals surface area contributed by atoms with Crippen molar-refractivity contribution in [1.29, 1.82) is 0 Å². The van der Waals surface area contributed by atoms with Gasteiger partial charge in [-0.3, -0.25) is 19.2 Å². The predicted molar refractivity (Wildman–Crippen MR) is 288 cm³/mol. The Morgan fingerprint density at radius 2 is 1.58 bits per heavy atom. The van der Waals surface area contributed by atoms with Crippen molar-refractivity contribution >= 4 is 52.4 Å². The zero-order valence-electron chi connectivity index (χ0n) is 44.3. The maximum absolute atomic E-state index is 13.9. The van der Waals surface area contributed by atoms with E-state index in [1.165, 1.54) is 0 Å². The monoisotopic (exact) mass is 1040 g/mol. The fraction of sp³-hybridized carbons (Fsp3) is 0.589. The normalized spacial score (nSPS) is 16.1. The third-order valence-electron chi connectivity index (χ3n) is 13.7. The van der Waals surface area contributed by atoms with Crippen LogP contribution in [0.5, 0.6) is 5.75 Å². The number of rotatable bonds is 31. The van der Waals surface area contributed by atoms with Crippen molar-refractivity contribution in [2.24, 2.45) is 11.3 Å². The molecule has 402 valence electrons. The molecule has 0 radical (unpaired) electrons. The number of hydrogen-bond donors (Lipinski definition) is 4. The third kappa shape index (κ3) is 17.2. The summed E-state index contributed by atoms with van der Waals surface area (Å²) in [6.07, 6.45) is 12.7. The van der Waals surface area contributed by atoms with Crippen LogP contribution in [0.25, 0.3) is 10.4 Å². The topological polar surface area (TPSA) is 198 Å². The van der Waals surface area contributed by atoms with Gasteiger partial charge in [0.1, 0.15) is 30.3 Å². The van der Waals surface area contributed by atoms with Crippen molar-refractivity contribution in [1.82, 2.24) is 35.4 Å². The minimum absolute atomic E-state index is 0.174. The summed E-state index contributed by atoms with van der Waals surface area (Å²) >= 11 is 1.60. The van der Waals surface area contributed by atoms with E-state index < -0.39 is 17.5 Å². The molecule has 1 unspecified atom stereocenters. The first kappa shape index (κ1) is 56.0. The number of nitrogens with zero attached hydrogens (tertiary/aromatic N) is 5. The first-order valence-electron chi connectivity index (χ1n) is 26.8. The van der Waals surface area contributed by atoms with Crippen molar-refractivity contribution < 1.29 is 38.1 Å². The van der Waals surface area contributed by atoms with Crippen LogP contribution in [-0.2, 0) is 39.9 Å². The number of anilines is 3. The van der Waals surface area contributed by atoms with Crippen LogP contribution < -0.4 is 26.0 Å². The Balaban J connectivity index is 0.696. The average Bonchev–Trinajstić information content (AvgIpc) is 3.92. The molecule has 0 spiro atoms. The number of carbonyl (C=O) groups is 4. The molecule has 2 aromatic carbocycles. The van der Waals surface area contributed by atoms with Crippen LogP contribution in [-0.4, -0.2) is 133 Å². The molecule has 1 aliphatic heterocycles. The van der Waals surface area contributed by atoms with E-state index in [2.05, 4.69) is 31.2 Å². The Bertz CT molecular complexity index is 2420. The third-order valence-corrected chi connectivity index (χ3v) is 14.7. The van der Waals surface area contributed by atoms with Crippen LogP contribution in [0.1, 0.15) is 121 Å². The average molecular weight is 1040 g/mol. The fourth-order valence-corrected chi connectivity index (χ4v) is 9.86. The molecule has 2 aromatic heterocycles. The molecular formula is C56H79N9O8S. The zero-order chi connectivity index (χ0) is 52.3. The van der Waals surface area contributed by atoms with Gasteiger partial charge in [0, 0.05) is 102 Å². The molecule has 4 amide bonds. The Morgan fingerprint density at radius 3 is 2.27 bits per heavy atom. The number of unbranched alkanes of at least 4 members (excludes halogenated alkanes) is 1. The highest BCUT2D eigenvalue weighted by atomic mass is 32.1. The quantitative estimate of drug-likeness (QED) is 0.0351. The van der Waals surface area contributed by atoms with E-state index in [4.69, 9.17) is 23.9 Å². The number of benzene rings is 2. The molecule has 2 aliphatic carbocycles. The molecule has 74 heavy (non-hydrogen) atoms. The first-order valence-corrected chi connectivity index (χ1v) is 27.7. The van der Waals surface area contributed by atoms with E-state index in [9.17, 15) is 19.2 Å².